The van der Waals surface area contributed by atoms with E-state index in [0.29, 0.717) is 16.7 Å². The third-order valence-electron chi connectivity index (χ3n) is 3.48. The predicted molar refractivity (Wildman–Crippen MR) is 98.3 cm³/mol. The van der Waals surface area contributed by atoms with Crippen LogP contribution in [0.3, 0.4) is 0 Å². The van der Waals surface area contributed by atoms with Crippen molar-refractivity contribution in [2.24, 2.45) is 0 Å². The van der Waals surface area contributed by atoms with Gasteiger partial charge in [0.15, 0.2) is 5.78 Å². The highest BCUT2D eigenvalue weighted by atomic mass is 79.9. The third kappa shape index (κ3) is 3.94. The van der Waals surface area contributed by atoms with Gasteiger partial charge in [0, 0.05) is 15.6 Å². The van der Waals surface area contributed by atoms with Gasteiger partial charge in [-0.2, -0.15) is 0 Å². The molecule has 0 fully saturated rings. The summed E-state index contributed by atoms with van der Waals surface area (Å²) in [6, 6.07) is 15.2. The van der Waals surface area contributed by atoms with Crippen LogP contribution < -0.4 is 0 Å². The van der Waals surface area contributed by atoms with E-state index in [0.717, 1.165) is 15.6 Å². The Bertz CT molecular complexity index is 844. The Hall–Kier alpha value is -1.92. The van der Waals surface area contributed by atoms with Crippen LogP contribution in [-0.4, -0.2) is 21.2 Å². The Balaban J connectivity index is 1.70. The number of aromatic nitrogens is 2. The second kappa shape index (κ2) is 7.32. The molecule has 0 spiro atoms. The van der Waals surface area contributed by atoms with E-state index >= 15 is 0 Å². The first-order valence-electron chi connectivity index (χ1n) is 7.40. The predicted octanol–water partition coefficient (Wildman–Crippen LogP) is 5.17. The number of benzene rings is 2. The molecule has 0 aliphatic carbocycles. The van der Waals surface area contributed by atoms with E-state index in [-0.39, 0.29) is 11.0 Å². The molecule has 1 heterocycles. The van der Waals surface area contributed by atoms with E-state index in [9.17, 15) is 4.79 Å². The van der Waals surface area contributed by atoms with Gasteiger partial charge in [-0.3, -0.25) is 4.79 Å². The minimum Gasteiger partial charge on any atom is -0.411 e. The molecule has 0 radical (unpaired) electrons. The molecule has 6 heteroatoms. The molecule has 0 unspecified atom stereocenters. The van der Waals surface area contributed by atoms with Crippen LogP contribution in [0.2, 0.25) is 0 Å². The Morgan fingerprint density at radius 1 is 1.08 bits per heavy atom. The summed E-state index contributed by atoms with van der Waals surface area (Å²) in [5.74, 6) is 0.489. The van der Waals surface area contributed by atoms with E-state index in [1.54, 1.807) is 0 Å². The van der Waals surface area contributed by atoms with Crippen LogP contribution in [0.4, 0.5) is 0 Å². The SMILES string of the molecule is Cc1ccc(C(=O)[C@H](C)Sc2nnc(-c3ccc(Br)cc3)o2)cc1. The highest BCUT2D eigenvalue weighted by Gasteiger charge is 2.20. The van der Waals surface area contributed by atoms with Crippen molar-refractivity contribution >= 4 is 33.5 Å². The van der Waals surface area contributed by atoms with Gasteiger partial charge in [0.05, 0.1) is 5.25 Å². The number of rotatable bonds is 5. The lowest BCUT2D eigenvalue weighted by molar-refractivity contribution is 0.0993. The molecule has 3 aromatic rings. The normalized spacial score (nSPS) is 12.1. The molecule has 0 aliphatic heterocycles. The fraction of sp³-hybridized carbons (Fsp3) is 0.167. The van der Waals surface area contributed by atoms with Gasteiger partial charge in [0.2, 0.25) is 5.89 Å². The Morgan fingerprint density at radius 3 is 2.42 bits per heavy atom. The largest absolute Gasteiger partial charge is 0.411 e. The summed E-state index contributed by atoms with van der Waals surface area (Å²) < 4.78 is 6.64. The molecule has 0 saturated heterocycles. The van der Waals surface area contributed by atoms with E-state index < -0.39 is 0 Å². The van der Waals surface area contributed by atoms with Crippen molar-refractivity contribution in [3.05, 3.63) is 64.1 Å². The Kier molecular flexibility index (Phi) is 5.16. The van der Waals surface area contributed by atoms with Gasteiger partial charge in [0.1, 0.15) is 0 Å². The Morgan fingerprint density at radius 2 is 1.75 bits per heavy atom. The minimum atomic E-state index is -0.300. The third-order valence-corrected chi connectivity index (χ3v) is 4.94. The van der Waals surface area contributed by atoms with Gasteiger partial charge in [-0.05, 0) is 38.1 Å². The fourth-order valence-electron chi connectivity index (χ4n) is 2.12. The number of Topliss-reactive ketones (excluding diaryl/α,β-unsaturated/α-hetero) is 1. The molecule has 122 valence electrons. The molecule has 0 amide bonds. The highest BCUT2D eigenvalue weighted by Crippen LogP contribution is 2.28. The maximum absolute atomic E-state index is 12.5. The lowest BCUT2D eigenvalue weighted by atomic mass is 10.1. The van der Waals surface area contributed by atoms with Gasteiger partial charge < -0.3 is 4.42 Å². The molecular formula is C18H15BrN2O2S. The smallest absolute Gasteiger partial charge is 0.277 e. The molecule has 3 rings (SSSR count). The fourth-order valence-corrected chi connectivity index (χ4v) is 3.15. The van der Waals surface area contributed by atoms with E-state index in [2.05, 4.69) is 26.1 Å². The van der Waals surface area contributed by atoms with Crippen LogP contribution in [0.15, 0.2) is 62.6 Å². The molecule has 0 saturated carbocycles. The van der Waals surface area contributed by atoms with Gasteiger partial charge in [-0.25, -0.2) is 0 Å². The molecule has 2 aromatic carbocycles. The van der Waals surface area contributed by atoms with Gasteiger partial charge in [0.25, 0.3) is 5.22 Å². The summed E-state index contributed by atoms with van der Waals surface area (Å²) in [7, 11) is 0. The molecule has 1 atom stereocenters. The van der Waals surface area contributed by atoms with Crippen LogP contribution in [-0.2, 0) is 0 Å². The van der Waals surface area contributed by atoms with Crippen molar-refractivity contribution in [2.45, 2.75) is 24.3 Å². The molecule has 4 nitrogen and oxygen atoms in total. The van der Waals surface area contributed by atoms with Crippen LogP contribution >= 0.6 is 27.7 Å². The number of ketones is 1. The first-order chi connectivity index (χ1) is 11.5. The Labute approximate surface area is 152 Å². The average Bonchev–Trinajstić information content (AvgIpc) is 3.04. The zero-order chi connectivity index (χ0) is 17.1. The number of hydrogen-bond donors (Lipinski definition) is 0. The monoisotopic (exact) mass is 402 g/mol. The van der Waals surface area contributed by atoms with E-state index in [1.165, 1.54) is 11.8 Å². The molecular weight excluding hydrogens is 388 g/mol. The number of carbonyl (C=O) groups is 1. The van der Waals surface area contributed by atoms with Crippen LogP contribution in [0.5, 0.6) is 0 Å². The summed E-state index contributed by atoms with van der Waals surface area (Å²) in [4.78, 5) is 12.5. The summed E-state index contributed by atoms with van der Waals surface area (Å²) in [6.45, 7) is 3.84. The van der Waals surface area contributed by atoms with E-state index in [4.69, 9.17) is 4.42 Å². The molecule has 1 aromatic heterocycles. The standard InChI is InChI=1S/C18H15BrN2O2S/c1-11-3-5-13(6-4-11)16(22)12(2)24-18-21-20-17(23-18)14-7-9-15(19)10-8-14/h3-10,12H,1-2H3/t12-/m0/s1. The molecule has 0 N–H and O–H groups in total. The maximum atomic E-state index is 12.5. The average molecular weight is 403 g/mol. The number of nitrogens with zero attached hydrogens (tertiary/aromatic N) is 2. The van der Waals surface area contributed by atoms with Crippen molar-refractivity contribution in [3.63, 3.8) is 0 Å². The highest BCUT2D eigenvalue weighted by molar-refractivity contribution is 9.10. The van der Waals surface area contributed by atoms with Crippen LogP contribution in [0, 0.1) is 6.92 Å². The molecule has 0 bridgehead atoms. The second-order valence-corrected chi connectivity index (χ2v) is 7.58. The summed E-state index contributed by atoms with van der Waals surface area (Å²) in [5.41, 5.74) is 2.66. The van der Waals surface area contributed by atoms with Crippen LogP contribution in [0.25, 0.3) is 11.5 Å². The zero-order valence-corrected chi connectivity index (χ0v) is 15.6. The minimum absolute atomic E-state index is 0.0448. The maximum Gasteiger partial charge on any atom is 0.277 e. The first kappa shape index (κ1) is 16.9. The lowest BCUT2D eigenvalue weighted by Crippen LogP contribution is -2.13. The summed E-state index contributed by atoms with van der Waals surface area (Å²) in [5, 5.41) is 8.17. The number of hydrogen-bond acceptors (Lipinski definition) is 5. The summed E-state index contributed by atoms with van der Waals surface area (Å²) in [6.07, 6.45) is 0. The number of carbonyl (C=O) groups excluding carboxylic acids is 1. The second-order valence-electron chi connectivity index (χ2n) is 5.37. The van der Waals surface area contributed by atoms with E-state index in [1.807, 2.05) is 62.4 Å². The van der Waals surface area contributed by atoms with Crippen molar-refractivity contribution in [2.75, 3.05) is 0 Å². The van der Waals surface area contributed by atoms with Gasteiger partial charge in [-0.1, -0.05) is 57.5 Å². The van der Waals surface area contributed by atoms with Gasteiger partial charge >= 0.3 is 0 Å². The number of halogens is 1. The van der Waals surface area contributed by atoms with Crippen molar-refractivity contribution in [3.8, 4) is 11.5 Å². The van der Waals surface area contributed by atoms with Crippen molar-refractivity contribution in [1.29, 1.82) is 0 Å². The van der Waals surface area contributed by atoms with Crippen molar-refractivity contribution in [1.82, 2.24) is 10.2 Å². The topological polar surface area (TPSA) is 56.0 Å². The lowest BCUT2D eigenvalue weighted by Gasteiger charge is -2.07. The molecule has 0 aliphatic rings. The molecule has 24 heavy (non-hydrogen) atoms. The first-order valence-corrected chi connectivity index (χ1v) is 9.07. The zero-order valence-electron chi connectivity index (χ0n) is 13.2. The van der Waals surface area contributed by atoms with Crippen molar-refractivity contribution < 1.29 is 9.21 Å². The summed E-state index contributed by atoms with van der Waals surface area (Å²) >= 11 is 4.66. The van der Waals surface area contributed by atoms with Gasteiger partial charge in [-0.15, -0.1) is 10.2 Å². The number of aryl methyl sites for hydroxylation is 1. The number of thioether (sulfide) groups is 1. The van der Waals surface area contributed by atoms with Crippen LogP contribution in [0.1, 0.15) is 22.8 Å². The quantitative estimate of drug-likeness (QED) is 0.435.